The van der Waals surface area contributed by atoms with Gasteiger partial charge >= 0.3 is 0 Å². The van der Waals surface area contributed by atoms with Crippen molar-refractivity contribution in [3.8, 4) is 0 Å². The molecule has 0 aliphatic carbocycles. The van der Waals surface area contributed by atoms with Crippen molar-refractivity contribution in [2.45, 2.75) is 31.7 Å². The number of pyridine rings is 1. The van der Waals surface area contributed by atoms with E-state index in [1.54, 1.807) is 18.3 Å². The summed E-state index contributed by atoms with van der Waals surface area (Å²) in [4.78, 5) is 31.0. The van der Waals surface area contributed by atoms with Crippen molar-refractivity contribution >= 4 is 5.91 Å². The molecule has 108 valence electrons. The minimum Gasteiger partial charge on any atom is -0.337 e. The molecule has 2 aliphatic heterocycles. The van der Waals surface area contributed by atoms with Gasteiger partial charge in [0.05, 0.1) is 0 Å². The quantitative estimate of drug-likeness (QED) is 0.878. The van der Waals surface area contributed by atoms with Crippen molar-refractivity contribution in [1.29, 1.82) is 0 Å². The molecule has 1 amide bonds. The lowest BCUT2D eigenvalue weighted by molar-refractivity contribution is 0.0770. The third-order valence-electron chi connectivity index (χ3n) is 4.41. The molecule has 1 N–H and O–H groups in total. The molecule has 0 spiro atoms. The predicted octanol–water partition coefficient (Wildman–Crippen LogP) is 1.08. The number of carbonyl (C=O) groups excluding carboxylic acids is 1. The van der Waals surface area contributed by atoms with Crippen LogP contribution in [0.5, 0.6) is 0 Å². The zero-order valence-corrected chi connectivity index (χ0v) is 11.7. The van der Waals surface area contributed by atoms with Crippen LogP contribution in [0.4, 0.5) is 0 Å². The molecule has 5 nitrogen and oxygen atoms in total. The normalized spacial score (nSPS) is 24.0. The maximum atomic E-state index is 12.4. The standard InChI is InChI=1S/C15H21N3O2/c19-14-13(5-4-7-16-14)15(20)18-10-6-12(11-18)17-8-2-1-3-9-17/h4-5,7,12H,1-3,6,8-11H2,(H,16,19). The number of carbonyl (C=O) groups is 1. The smallest absolute Gasteiger partial charge is 0.260 e. The molecule has 0 saturated carbocycles. The number of nitrogens with one attached hydrogen (secondary N) is 1. The summed E-state index contributed by atoms with van der Waals surface area (Å²) in [6.07, 6.45) is 6.44. The molecule has 20 heavy (non-hydrogen) atoms. The highest BCUT2D eigenvalue weighted by Gasteiger charge is 2.31. The SMILES string of the molecule is O=C(c1ccc[nH]c1=O)N1CCC(N2CCCCC2)C1. The van der Waals surface area contributed by atoms with Crippen molar-refractivity contribution in [3.05, 3.63) is 34.2 Å². The largest absolute Gasteiger partial charge is 0.337 e. The number of hydrogen-bond acceptors (Lipinski definition) is 3. The minimum absolute atomic E-state index is 0.133. The molecule has 0 aromatic carbocycles. The Morgan fingerprint density at radius 1 is 1.20 bits per heavy atom. The van der Waals surface area contributed by atoms with Crippen LogP contribution in [0, 0.1) is 0 Å². The van der Waals surface area contributed by atoms with Gasteiger partial charge in [-0.3, -0.25) is 14.5 Å². The van der Waals surface area contributed by atoms with Crippen LogP contribution < -0.4 is 5.56 Å². The maximum absolute atomic E-state index is 12.4. The van der Waals surface area contributed by atoms with Crippen molar-refractivity contribution < 1.29 is 4.79 Å². The van der Waals surface area contributed by atoms with Gasteiger partial charge in [0.25, 0.3) is 11.5 Å². The van der Waals surface area contributed by atoms with E-state index in [-0.39, 0.29) is 17.0 Å². The fraction of sp³-hybridized carbons (Fsp3) is 0.600. The van der Waals surface area contributed by atoms with Crippen LogP contribution in [0.2, 0.25) is 0 Å². The summed E-state index contributed by atoms with van der Waals surface area (Å²) >= 11 is 0. The van der Waals surface area contributed by atoms with E-state index in [1.807, 2.05) is 4.90 Å². The van der Waals surface area contributed by atoms with E-state index in [9.17, 15) is 9.59 Å². The van der Waals surface area contributed by atoms with Crippen molar-refractivity contribution in [1.82, 2.24) is 14.8 Å². The number of hydrogen-bond donors (Lipinski definition) is 1. The molecule has 3 heterocycles. The average molecular weight is 275 g/mol. The van der Waals surface area contributed by atoms with E-state index in [0.29, 0.717) is 6.04 Å². The van der Waals surface area contributed by atoms with Crippen LogP contribution in [-0.4, -0.2) is 52.9 Å². The molecule has 1 aromatic heterocycles. The molecule has 2 aliphatic rings. The number of likely N-dealkylation sites (tertiary alicyclic amines) is 2. The number of H-pyrrole nitrogens is 1. The summed E-state index contributed by atoms with van der Waals surface area (Å²) in [5.41, 5.74) is -0.0364. The number of nitrogens with zero attached hydrogens (tertiary/aromatic N) is 2. The highest BCUT2D eigenvalue weighted by atomic mass is 16.2. The summed E-state index contributed by atoms with van der Waals surface area (Å²) in [5.74, 6) is -0.133. The monoisotopic (exact) mass is 275 g/mol. The van der Waals surface area contributed by atoms with Gasteiger partial charge in [0, 0.05) is 25.3 Å². The van der Waals surface area contributed by atoms with Crippen LogP contribution in [0.1, 0.15) is 36.0 Å². The number of aromatic nitrogens is 1. The fourth-order valence-electron chi connectivity index (χ4n) is 3.27. The van der Waals surface area contributed by atoms with Crippen molar-refractivity contribution in [3.63, 3.8) is 0 Å². The summed E-state index contributed by atoms with van der Waals surface area (Å²) < 4.78 is 0. The molecule has 0 bridgehead atoms. The lowest BCUT2D eigenvalue weighted by Gasteiger charge is -2.32. The second kappa shape index (κ2) is 5.79. The van der Waals surface area contributed by atoms with Gasteiger partial charge in [0.1, 0.15) is 5.56 Å². The van der Waals surface area contributed by atoms with E-state index >= 15 is 0 Å². The number of amides is 1. The highest BCUT2D eigenvalue weighted by molar-refractivity contribution is 5.94. The summed E-state index contributed by atoms with van der Waals surface area (Å²) in [6, 6.07) is 3.78. The zero-order valence-electron chi connectivity index (χ0n) is 11.7. The molecule has 5 heteroatoms. The first-order valence-electron chi connectivity index (χ1n) is 7.47. The molecule has 1 aromatic rings. The van der Waals surface area contributed by atoms with Gasteiger partial charge in [-0.25, -0.2) is 0 Å². The predicted molar refractivity (Wildman–Crippen MR) is 76.8 cm³/mol. The molecule has 3 rings (SSSR count). The highest BCUT2D eigenvalue weighted by Crippen LogP contribution is 2.21. The zero-order chi connectivity index (χ0) is 13.9. The summed E-state index contributed by atoms with van der Waals surface area (Å²) in [7, 11) is 0. The van der Waals surface area contributed by atoms with E-state index < -0.39 is 0 Å². The Balaban J connectivity index is 1.66. The second-order valence-electron chi connectivity index (χ2n) is 5.70. The number of rotatable bonds is 2. The first-order valence-corrected chi connectivity index (χ1v) is 7.47. The lowest BCUT2D eigenvalue weighted by atomic mass is 10.1. The van der Waals surface area contributed by atoms with Crippen molar-refractivity contribution in [2.75, 3.05) is 26.2 Å². The van der Waals surface area contributed by atoms with Gasteiger partial charge in [0.15, 0.2) is 0 Å². The van der Waals surface area contributed by atoms with Gasteiger partial charge in [-0.1, -0.05) is 6.42 Å². The fourth-order valence-corrected chi connectivity index (χ4v) is 3.27. The van der Waals surface area contributed by atoms with Gasteiger partial charge in [-0.2, -0.15) is 0 Å². The van der Waals surface area contributed by atoms with Crippen LogP contribution in [0.15, 0.2) is 23.1 Å². The maximum Gasteiger partial charge on any atom is 0.260 e. The average Bonchev–Trinajstić information content (AvgIpc) is 2.98. The molecule has 0 radical (unpaired) electrons. The van der Waals surface area contributed by atoms with Crippen LogP contribution in [0.3, 0.4) is 0 Å². The Morgan fingerprint density at radius 3 is 2.75 bits per heavy atom. The molecule has 2 saturated heterocycles. The van der Waals surface area contributed by atoms with Gasteiger partial charge < -0.3 is 9.88 Å². The van der Waals surface area contributed by atoms with Gasteiger partial charge in [-0.05, 0) is 44.5 Å². The van der Waals surface area contributed by atoms with E-state index in [0.717, 1.165) is 32.6 Å². The topological polar surface area (TPSA) is 56.4 Å². The second-order valence-corrected chi connectivity index (χ2v) is 5.70. The Kier molecular flexibility index (Phi) is 3.87. The third-order valence-corrected chi connectivity index (χ3v) is 4.41. The van der Waals surface area contributed by atoms with Gasteiger partial charge in [-0.15, -0.1) is 0 Å². The summed E-state index contributed by atoms with van der Waals surface area (Å²) in [6.45, 7) is 3.82. The molecule has 1 atom stereocenters. The summed E-state index contributed by atoms with van der Waals surface area (Å²) in [5, 5.41) is 0. The van der Waals surface area contributed by atoms with E-state index in [4.69, 9.17) is 0 Å². The van der Waals surface area contributed by atoms with Crippen molar-refractivity contribution in [2.24, 2.45) is 0 Å². The lowest BCUT2D eigenvalue weighted by Crippen LogP contribution is -2.42. The third kappa shape index (κ3) is 2.63. The van der Waals surface area contributed by atoms with Gasteiger partial charge in [0.2, 0.25) is 0 Å². The molecular weight excluding hydrogens is 254 g/mol. The Bertz CT molecular complexity index is 534. The van der Waals surface area contributed by atoms with Crippen LogP contribution in [-0.2, 0) is 0 Å². The Morgan fingerprint density at radius 2 is 2.00 bits per heavy atom. The first kappa shape index (κ1) is 13.4. The Labute approximate surface area is 118 Å². The number of aromatic amines is 1. The molecule has 2 fully saturated rings. The van der Waals surface area contributed by atoms with Crippen LogP contribution >= 0.6 is 0 Å². The van der Waals surface area contributed by atoms with E-state index in [1.165, 1.54) is 19.3 Å². The Hall–Kier alpha value is -1.62. The number of piperidine rings is 1. The van der Waals surface area contributed by atoms with Crippen LogP contribution in [0.25, 0.3) is 0 Å². The van der Waals surface area contributed by atoms with E-state index in [2.05, 4.69) is 9.88 Å². The molecule has 1 unspecified atom stereocenters. The molecular formula is C15H21N3O2. The minimum atomic E-state index is -0.293. The first-order chi connectivity index (χ1) is 9.75.